The first-order chi connectivity index (χ1) is 11.6. The Morgan fingerprint density at radius 2 is 2.08 bits per heavy atom. The number of aryl methyl sites for hydroxylation is 1. The Morgan fingerprint density at radius 1 is 1.25 bits per heavy atom. The number of methoxy groups -OCH3 is 1. The van der Waals surface area contributed by atoms with Gasteiger partial charge in [-0.25, -0.2) is 9.89 Å². The van der Waals surface area contributed by atoms with Gasteiger partial charge in [0, 0.05) is 0 Å². The second kappa shape index (κ2) is 6.45. The predicted molar refractivity (Wildman–Crippen MR) is 85.7 cm³/mol. The van der Waals surface area contributed by atoms with Crippen LogP contribution >= 0.6 is 0 Å². The van der Waals surface area contributed by atoms with Gasteiger partial charge >= 0.3 is 5.69 Å². The summed E-state index contributed by atoms with van der Waals surface area (Å²) >= 11 is 0. The van der Waals surface area contributed by atoms with E-state index in [4.69, 9.17) is 9.47 Å². The lowest BCUT2D eigenvalue weighted by atomic mass is 10.1. The number of benzene rings is 2. The predicted octanol–water partition coefficient (Wildman–Crippen LogP) is 1.56. The van der Waals surface area contributed by atoms with Crippen molar-refractivity contribution in [1.82, 2.24) is 20.2 Å². The van der Waals surface area contributed by atoms with Crippen molar-refractivity contribution in [2.45, 2.75) is 13.5 Å². The van der Waals surface area contributed by atoms with Crippen LogP contribution in [0.5, 0.6) is 17.2 Å². The fraction of sp³-hybridized carbons (Fsp3) is 0.188. The third-order valence-electron chi connectivity index (χ3n) is 3.56. The molecule has 0 bridgehead atoms. The summed E-state index contributed by atoms with van der Waals surface area (Å²) in [4.78, 5) is 11.8. The number of aromatic amines is 1. The molecule has 0 unspecified atom stereocenters. The maximum Gasteiger partial charge on any atom is 0.365 e. The molecule has 2 aromatic carbocycles. The minimum absolute atomic E-state index is 0.157. The highest BCUT2D eigenvalue weighted by molar-refractivity contribution is 5.49. The number of nitrogens with one attached hydrogen (secondary N) is 1. The van der Waals surface area contributed by atoms with Crippen LogP contribution in [-0.4, -0.2) is 32.4 Å². The number of H-pyrrole nitrogens is 1. The van der Waals surface area contributed by atoms with Gasteiger partial charge in [0.1, 0.15) is 23.9 Å². The van der Waals surface area contributed by atoms with E-state index in [1.165, 1.54) is 0 Å². The average Bonchev–Trinajstić information content (AvgIpc) is 2.99. The summed E-state index contributed by atoms with van der Waals surface area (Å²) in [5.74, 6) is 1.36. The van der Waals surface area contributed by atoms with E-state index in [1.54, 1.807) is 43.5 Å². The van der Waals surface area contributed by atoms with Crippen molar-refractivity contribution < 1.29 is 14.6 Å². The van der Waals surface area contributed by atoms with Crippen molar-refractivity contribution in [3.05, 3.63) is 58.0 Å². The van der Waals surface area contributed by atoms with Crippen molar-refractivity contribution in [3.63, 3.8) is 0 Å². The van der Waals surface area contributed by atoms with Crippen LogP contribution in [-0.2, 0) is 6.61 Å². The maximum absolute atomic E-state index is 11.8. The lowest BCUT2D eigenvalue weighted by Crippen LogP contribution is -2.18. The van der Waals surface area contributed by atoms with E-state index in [2.05, 4.69) is 15.5 Å². The minimum atomic E-state index is -0.453. The standard InChI is InChI=1S/C16H16N4O4/c1-10-8-11(21)6-7-14(10)24-9-12-13(4-3-5-15(12)23-2)20-16(22)17-18-19-20/h3-8,21H,9H2,1-2H3,(H,17,19,22). The fourth-order valence-electron chi connectivity index (χ4n) is 2.39. The molecule has 0 aliphatic heterocycles. The van der Waals surface area contributed by atoms with Crippen LogP contribution in [0.1, 0.15) is 11.1 Å². The van der Waals surface area contributed by atoms with Crippen molar-refractivity contribution in [1.29, 1.82) is 0 Å². The van der Waals surface area contributed by atoms with Gasteiger partial charge in [0.15, 0.2) is 0 Å². The Hall–Kier alpha value is -3.29. The normalized spacial score (nSPS) is 10.6. The van der Waals surface area contributed by atoms with E-state index in [9.17, 15) is 9.90 Å². The molecule has 8 nitrogen and oxygen atoms in total. The molecular formula is C16H16N4O4. The Balaban J connectivity index is 1.97. The maximum atomic E-state index is 11.8. The van der Waals surface area contributed by atoms with Crippen LogP contribution in [0.2, 0.25) is 0 Å². The fourth-order valence-corrected chi connectivity index (χ4v) is 2.39. The summed E-state index contributed by atoms with van der Waals surface area (Å²) in [5.41, 5.74) is 1.52. The van der Waals surface area contributed by atoms with Crippen molar-refractivity contribution in [2.75, 3.05) is 7.11 Å². The molecule has 2 N–H and O–H groups in total. The molecule has 0 atom stereocenters. The van der Waals surface area contributed by atoms with Gasteiger partial charge in [-0.3, -0.25) is 0 Å². The van der Waals surface area contributed by atoms with Crippen LogP contribution in [0.4, 0.5) is 0 Å². The first-order valence-electron chi connectivity index (χ1n) is 7.19. The summed E-state index contributed by atoms with van der Waals surface area (Å²) in [6.07, 6.45) is 0. The van der Waals surface area contributed by atoms with Gasteiger partial charge in [0.25, 0.3) is 0 Å². The van der Waals surface area contributed by atoms with E-state index in [0.717, 1.165) is 10.2 Å². The topological polar surface area (TPSA) is 102 Å². The number of hydrogen-bond donors (Lipinski definition) is 2. The molecule has 0 saturated heterocycles. The van der Waals surface area contributed by atoms with Crippen molar-refractivity contribution >= 4 is 0 Å². The van der Waals surface area contributed by atoms with Crippen molar-refractivity contribution in [3.8, 4) is 22.9 Å². The highest BCUT2D eigenvalue weighted by atomic mass is 16.5. The molecular weight excluding hydrogens is 312 g/mol. The summed E-state index contributed by atoms with van der Waals surface area (Å²) in [6.45, 7) is 1.99. The van der Waals surface area contributed by atoms with Crippen LogP contribution in [0.15, 0.2) is 41.2 Å². The highest BCUT2D eigenvalue weighted by Gasteiger charge is 2.15. The second-order valence-corrected chi connectivity index (χ2v) is 5.11. The number of ether oxygens (including phenoxy) is 2. The summed E-state index contributed by atoms with van der Waals surface area (Å²) in [5, 5.41) is 19.0. The molecule has 0 aliphatic rings. The van der Waals surface area contributed by atoms with Gasteiger partial charge in [-0.1, -0.05) is 6.07 Å². The molecule has 0 spiro atoms. The monoisotopic (exact) mass is 328 g/mol. The molecule has 8 heteroatoms. The van der Waals surface area contributed by atoms with E-state index in [0.29, 0.717) is 22.7 Å². The lowest BCUT2D eigenvalue weighted by molar-refractivity contribution is 0.293. The number of tetrazole rings is 1. The summed E-state index contributed by atoms with van der Waals surface area (Å²) in [6, 6.07) is 10.1. The SMILES string of the molecule is COc1cccc(-n2nn[nH]c2=O)c1COc1ccc(O)cc1C. The zero-order valence-electron chi connectivity index (χ0n) is 13.2. The first kappa shape index (κ1) is 15.6. The molecule has 1 heterocycles. The van der Waals surface area contributed by atoms with Gasteiger partial charge in [-0.2, -0.15) is 4.68 Å². The lowest BCUT2D eigenvalue weighted by Gasteiger charge is -2.15. The van der Waals surface area contributed by atoms with Gasteiger partial charge in [-0.05, 0) is 53.2 Å². The van der Waals surface area contributed by atoms with E-state index < -0.39 is 5.69 Å². The zero-order chi connectivity index (χ0) is 17.1. The van der Waals surface area contributed by atoms with Crippen molar-refractivity contribution in [2.24, 2.45) is 0 Å². The number of hydrogen-bond acceptors (Lipinski definition) is 6. The number of aromatic nitrogens is 4. The number of phenols is 1. The largest absolute Gasteiger partial charge is 0.508 e. The van der Waals surface area contributed by atoms with E-state index in [-0.39, 0.29) is 12.4 Å². The van der Waals surface area contributed by atoms with Crippen LogP contribution in [0.25, 0.3) is 5.69 Å². The Kier molecular flexibility index (Phi) is 4.19. The average molecular weight is 328 g/mol. The molecule has 0 aliphatic carbocycles. The molecule has 0 saturated carbocycles. The molecule has 0 fully saturated rings. The number of nitrogens with zero attached hydrogens (tertiary/aromatic N) is 3. The van der Waals surface area contributed by atoms with Crippen LogP contribution < -0.4 is 15.2 Å². The summed E-state index contributed by atoms with van der Waals surface area (Å²) < 4.78 is 12.3. The molecule has 3 rings (SSSR count). The minimum Gasteiger partial charge on any atom is -0.508 e. The van der Waals surface area contributed by atoms with Gasteiger partial charge in [0.2, 0.25) is 0 Å². The molecule has 0 amide bonds. The second-order valence-electron chi connectivity index (χ2n) is 5.11. The van der Waals surface area contributed by atoms with E-state index in [1.807, 2.05) is 6.92 Å². The number of phenolic OH excluding ortho intramolecular Hbond substituents is 1. The van der Waals surface area contributed by atoms with Crippen LogP contribution in [0.3, 0.4) is 0 Å². The molecule has 3 aromatic rings. The smallest absolute Gasteiger partial charge is 0.365 e. The van der Waals surface area contributed by atoms with Gasteiger partial charge in [0.05, 0.1) is 18.4 Å². The zero-order valence-corrected chi connectivity index (χ0v) is 13.2. The Labute approximate surface area is 137 Å². The number of rotatable bonds is 5. The third-order valence-corrected chi connectivity index (χ3v) is 3.56. The summed E-state index contributed by atoms with van der Waals surface area (Å²) in [7, 11) is 1.54. The van der Waals surface area contributed by atoms with Crippen LogP contribution in [0, 0.1) is 6.92 Å². The van der Waals surface area contributed by atoms with Gasteiger partial charge in [-0.15, -0.1) is 0 Å². The Morgan fingerprint density at radius 3 is 2.75 bits per heavy atom. The Bertz CT molecular complexity index is 916. The highest BCUT2D eigenvalue weighted by Crippen LogP contribution is 2.28. The molecule has 1 aromatic heterocycles. The van der Waals surface area contributed by atoms with Gasteiger partial charge < -0.3 is 14.6 Å². The quantitative estimate of drug-likeness (QED) is 0.737. The van der Waals surface area contributed by atoms with E-state index >= 15 is 0 Å². The molecule has 0 radical (unpaired) electrons. The third kappa shape index (κ3) is 2.94. The molecule has 124 valence electrons. The number of aromatic hydroxyl groups is 1. The first-order valence-corrected chi connectivity index (χ1v) is 7.19. The molecule has 24 heavy (non-hydrogen) atoms.